The Hall–Kier alpha value is -3.21. The van der Waals surface area contributed by atoms with Crippen molar-refractivity contribution in [1.82, 2.24) is 5.32 Å². The first-order valence-electron chi connectivity index (χ1n) is 11.8. The van der Waals surface area contributed by atoms with Crippen LogP contribution < -0.4 is 14.8 Å². The summed E-state index contributed by atoms with van der Waals surface area (Å²) >= 11 is 0. The maximum absolute atomic E-state index is 12.8. The Morgan fingerprint density at radius 3 is 2.58 bits per heavy atom. The number of ether oxygens (including phenoxy) is 2. The van der Waals surface area contributed by atoms with Gasteiger partial charge in [-0.05, 0) is 62.9 Å². The molecule has 0 spiro atoms. The van der Waals surface area contributed by atoms with E-state index in [0.717, 1.165) is 63.1 Å². The number of nitrogens with one attached hydrogen (secondary N) is 1. The van der Waals surface area contributed by atoms with Crippen LogP contribution in [0.25, 0.3) is 27.7 Å². The first-order chi connectivity index (χ1) is 16.0. The van der Waals surface area contributed by atoms with E-state index in [2.05, 4.69) is 11.4 Å². The number of rotatable bonds is 7. The molecule has 1 amide bonds. The molecule has 0 saturated heterocycles. The average Bonchev–Trinajstić information content (AvgIpc) is 3.25. The predicted molar refractivity (Wildman–Crippen MR) is 133 cm³/mol. The molecule has 0 atom stereocenters. The molecular weight excluding hydrogens is 414 g/mol. The Morgan fingerprint density at radius 2 is 1.91 bits per heavy atom. The number of methoxy groups -OCH3 is 1. The Labute approximate surface area is 195 Å². The average molecular weight is 448 g/mol. The van der Waals surface area contributed by atoms with Crippen molar-refractivity contribution in [3.63, 3.8) is 0 Å². The van der Waals surface area contributed by atoms with Gasteiger partial charge < -0.3 is 19.2 Å². The van der Waals surface area contributed by atoms with Crippen molar-refractivity contribution in [3.8, 4) is 22.6 Å². The van der Waals surface area contributed by atoms with Crippen molar-refractivity contribution < 1.29 is 18.7 Å². The summed E-state index contributed by atoms with van der Waals surface area (Å²) in [5.41, 5.74) is 5.56. The highest BCUT2D eigenvalue weighted by Crippen LogP contribution is 2.41. The van der Waals surface area contributed by atoms with E-state index < -0.39 is 0 Å². The lowest BCUT2D eigenvalue weighted by Gasteiger charge is -2.22. The molecule has 2 aromatic carbocycles. The number of carbonyl (C=O) groups excluding carboxylic acids is 1. The normalized spacial score (nSPS) is 15.0. The summed E-state index contributed by atoms with van der Waals surface area (Å²) in [4.78, 5) is 12.8. The van der Waals surface area contributed by atoms with E-state index in [1.807, 2.05) is 45.0 Å². The van der Waals surface area contributed by atoms with Crippen LogP contribution in [0.5, 0.6) is 11.5 Å². The van der Waals surface area contributed by atoms with Crippen molar-refractivity contribution in [2.75, 3.05) is 13.7 Å². The van der Waals surface area contributed by atoms with Crippen LogP contribution in [0, 0.1) is 6.92 Å². The fourth-order valence-electron chi connectivity index (χ4n) is 4.70. The van der Waals surface area contributed by atoms with Crippen LogP contribution in [0.1, 0.15) is 57.1 Å². The fraction of sp³-hybridized carbons (Fsp3) is 0.393. The molecule has 0 bridgehead atoms. The molecule has 1 aliphatic carbocycles. The Balaban J connectivity index is 1.73. The number of furan rings is 1. The van der Waals surface area contributed by atoms with Gasteiger partial charge in [0, 0.05) is 34.2 Å². The van der Waals surface area contributed by atoms with E-state index in [4.69, 9.17) is 13.9 Å². The van der Waals surface area contributed by atoms with E-state index in [9.17, 15) is 4.79 Å². The third-order valence-electron chi connectivity index (χ3n) is 6.46. The van der Waals surface area contributed by atoms with Crippen molar-refractivity contribution >= 4 is 22.4 Å². The molecule has 1 heterocycles. The maximum Gasteiger partial charge on any atom is 0.244 e. The molecule has 1 aliphatic rings. The summed E-state index contributed by atoms with van der Waals surface area (Å²) in [6, 6.07) is 10.3. The van der Waals surface area contributed by atoms with Gasteiger partial charge in [-0.25, -0.2) is 0 Å². The van der Waals surface area contributed by atoms with Crippen LogP contribution in [-0.4, -0.2) is 25.7 Å². The van der Waals surface area contributed by atoms with E-state index in [1.54, 1.807) is 19.4 Å². The molecule has 33 heavy (non-hydrogen) atoms. The summed E-state index contributed by atoms with van der Waals surface area (Å²) in [5.74, 6) is 1.53. The number of allylic oxidation sites excluding steroid dienone is 1. The van der Waals surface area contributed by atoms with Gasteiger partial charge >= 0.3 is 0 Å². The highest BCUT2D eigenvalue weighted by atomic mass is 16.5. The molecule has 3 aromatic rings. The SMILES string of the molecule is CCOc1c(/C(C)=C/C(=O)NC2CCCCC2)cc2c(-c3ccc(OC)cc3)coc2c1C. The molecule has 1 saturated carbocycles. The summed E-state index contributed by atoms with van der Waals surface area (Å²) in [5, 5.41) is 4.18. The second-order valence-electron chi connectivity index (χ2n) is 8.74. The zero-order valence-electron chi connectivity index (χ0n) is 20.0. The number of benzene rings is 2. The van der Waals surface area contributed by atoms with Gasteiger partial charge in [0.2, 0.25) is 5.91 Å². The van der Waals surface area contributed by atoms with Gasteiger partial charge in [-0.1, -0.05) is 31.4 Å². The maximum atomic E-state index is 12.8. The van der Waals surface area contributed by atoms with Gasteiger partial charge in [0.05, 0.1) is 20.0 Å². The van der Waals surface area contributed by atoms with Crippen LogP contribution in [0.2, 0.25) is 0 Å². The second kappa shape index (κ2) is 10.2. The smallest absolute Gasteiger partial charge is 0.244 e. The van der Waals surface area contributed by atoms with E-state index in [1.165, 1.54) is 19.3 Å². The number of carbonyl (C=O) groups is 1. The van der Waals surface area contributed by atoms with E-state index in [0.29, 0.717) is 6.61 Å². The summed E-state index contributed by atoms with van der Waals surface area (Å²) in [6.07, 6.45) is 9.25. The lowest BCUT2D eigenvalue weighted by atomic mass is 9.95. The Morgan fingerprint density at radius 1 is 1.18 bits per heavy atom. The van der Waals surface area contributed by atoms with E-state index >= 15 is 0 Å². The Bertz CT molecular complexity index is 1150. The minimum absolute atomic E-state index is 0.0397. The molecule has 174 valence electrons. The van der Waals surface area contributed by atoms with Crippen LogP contribution >= 0.6 is 0 Å². The van der Waals surface area contributed by atoms with Gasteiger partial charge in [-0.2, -0.15) is 0 Å². The predicted octanol–water partition coefficient (Wildman–Crippen LogP) is 6.67. The third-order valence-corrected chi connectivity index (χ3v) is 6.46. The summed E-state index contributed by atoms with van der Waals surface area (Å²) < 4.78 is 17.3. The molecule has 5 heteroatoms. The first kappa shape index (κ1) is 23.0. The number of fused-ring (bicyclic) bond motifs is 1. The zero-order valence-corrected chi connectivity index (χ0v) is 20.0. The molecular formula is C28H33NO4. The molecule has 4 rings (SSSR count). The first-order valence-corrected chi connectivity index (χ1v) is 11.8. The summed E-state index contributed by atoms with van der Waals surface area (Å²) in [6.45, 7) is 6.48. The summed E-state index contributed by atoms with van der Waals surface area (Å²) in [7, 11) is 1.66. The lowest BCUT2D eigenvalue weighted by molar-refractivity contribution is -0.117. The molecule has 0 unspecified atom stereocenters. The standard InChI is InChI=1S/C28H33NO4/c1-5-32-27-19(3)28-24(25(17-33-28)20-11-13-22(31-4)14-12-20)16-23(27)18(2)15-26(30)29-21-9-7-6-8-10-21/h11-17,21H,5-10H2,1-4H3,(H,29,30)/b18-15+. The van der Waals surface area contributed by atoms with Crippen molar-refractivity contribution in [2.45, 2.75) is 58.9 Å². The minimum atomic E-state index is -0.0397. The van der Waals surface area contributed by atoms with Crippen molar-refractivity contribution in [1.29, 1.82) is 0 Å². The monoisotopic (exact) mass is 447 g/mol. The van der Waals surface area contributed by atoms with Crippen LogP contribution in [0.4, 0.5) is 0 Å². The molecule has 1 N–H and O–H groups in total. The number of aryl methyl sites for hydroxylation is 1. The minimum Gasteiger partial charge on any atom is -0.497 e. The third kappa shape index (κ3) is 4.92. The molecule has 1 fully saturated rings. The van der Waals surface area contributed by atoms with Crippen molar-refractivity contribution in [2.24, 2.45) is 0 Å². The second-order valence-corrected chi connectivity index (χ2v) is 8.74. The lowest BCUT2D eigenvalue weighted by Crippen LogP contribution is -2.35. The quantitative estimate of drug-likeness (QED) is 0.411. The Kier molecular flexibility index (Phi) is 7.07. The number of amides is 1. The van der Waals surface area contributed by atoms with E-state index in [-0.39, 0.29) is 11.9 Å². The van der Waals surface area contributed by atoms with Crippen LogP contribution in [0.3, 0.4) is 0 Å². The molecule has 0 aliphatic heterocycles. The highest BCUT2D eigenvalue weighted by Gasteiger charge is 2.20. The van der Waals surface area contributed by atoms with Gasteiger partial charge in [0.15, 0.2) is 0 Å². The largest absolute Gasteiger partial charge is 0.497 e. The number of hydrogen-bond donors (Lipinski definition) is 1. The highest BCUT2D eigenvalue weighted by molar-refractivity contribution is 6.01. The number of hydrogen-bond acceptors (Lipinski definition) is 4. The van der Waals surface area contributed by atoms with Crippen LogP contribution in [0.15, 0.2) is 47.1 Å². The zero-order chi connectivity index (χ0) is 23.4. The topological polar surface area (TPSA) is 60.7 Å². The fourth-order valence-corrected chi connectivity index (χ4v) is 4.70. The molecule has 1 aromatic heterocycles. The van der Waals surface area contributed by atoms with Gasteiger partial charge in [-0.3, -0.25) is 4.79 Å². The van der Waals surface area contributed by atoms with Gasteiger partial charge in [0.25, 0.3) is 0 Å². The van der Waals surface area contributed by atoms with Crippen LogP contribution in [-0.2, 0) is 4.79 Å². The molecule has 5 nitrogen and oxygen atoms in total. The molecule has 0 radical (unpaired) electrons. The van der Waals surface area contributed by atoms with Crippen molar-refractivity contribution in [3.05, 3.63) is 53.8 Å². The van der Waals surface area contributed by atoms with Gasteiger partial charge in [-0.15, -0.1) is 0 Å². The van der Waals surface area contributed by atoms with Gasteiger partial charge in [0.1, 0.15) is 17.1 Å².